The van der Waals surface area contributed by atoms with Crippen molar-refractivity contribution in [2.75, 3.05) is 13.0 Å². The highest BCUT2D eigenvalue weighted by atomic mass is 35.5. The summed E-state index contributed by atoms with van der Waals surface area (Å²) in [5.74, 6) is 0.0453. The first-order valence-electron chi connectivity index (χ1n) is 5.09. The minimum Gasteiger partial charge on any atom is -0.508 e. The lowest BCUT2D eigenvalue weighted by Crippen LogP contribution is -2.06. The Morgan fingerprint density at radius 1 is 1.56 bits per heavy atom. The summed E-state index contributed by atoms with van der Waals surface area (Å²) in [7, 11) is 1.47. The maximum absolute atomic E-state index is 11.5. The van der Waals surface area contributed by atoms with Crippen molar-refractivity contribution in [2.24, 2.45) is 5.16 Å². The molecule has 1 aliphatic rings. The number of carbonyl (C=O) groups is 1. The third kappa shape index (κ3) is 2.31. The molecule has 6 heteroatoms. The van der Waals surface area contributed by atoms with E-state index in [-0.39, 0.29) is 17.2 Å². The lowest BCUT2D eigenvalue weighted by molar-refractivity contribution is -0.136. The number of phenols is 1. The van der Waals surface area contributed by atoms with Gasteiger partial charge in [0.25, 0.3) is 0 Å². The predicted molar refractivity (Wildman–Crippen MR) is 66.9 cm³/mol. The van der Waals surface area contributed by atoms with E-state index in [2.05, 4.69) is 9.99 Å². The van der Waals surface area contributed by atoms with Gasteiger partial charge in [0.1, 0.15) is 17.2 Å². The van der Waals surface area contributed by atoms with Crippen LogP contribution in [-0.4, -0.2) is 29.8 Å². The molecule has 94 valence electrons. The zero-order valence-electron chi connectivity index (χ0n) is 9.51. The fourth-order valence-electron chi connectivity index (χ4n) is 1.53. The van der Waals surface area contributed by atoms with Crippen LogP contribution < -0.4 is 4.74 Å². The summed E-state index contributed by atoms with van der Waals surface area (Å²) >= 11 is 5.66. The highest BCUT2D eigenvalue weighted by molar-refractivity contribution is 6.38. The van der Waals surface area contributed by atoms with Gasteiger partial charge in [-0.05, 0) is 18.2 Å². The number of phenolic OH excluding ortho intramolecular Hbond substituents is 1. The molecule has 1 heterocycles. The molecule has 0 amide bonds. The Labute approximate surface area is 108 Å². The number of carbonyl (C=O) groups excluding carboxylic acids is 1. The molecule has 0 spiro atoms. The molecule has 18 heavy (non-hydrogen) atoms. The maximum atomic E-state index is 11.5. The first kappa shape index (κ1) is 12.4. The van der Waals surface area contributed by atoms with E-state index < -0.39 is 5.97 Å². The lowest BCUT2D eigenvalue weighted by atomic mass is 10.1. The van der Waals surface area contributed by atoms with E-state index in [0.717, 1.165) is 0 Å². The number of hydrogen-bond donors (Lipinski definition) is 1. The second kappa shape index (κ2) is 5.10. The average Bonchev–Trinajstić information content (AvgIpc) is 2.72. The number of halogens is 1. The van der Waals surface area contributed by atoms with Gasteiger partial charge < -0.3 is 14.7 Å². The molecule has 0 radical (unpaired) electrons. The van der Waals surface area contributed by atoms with E-state index >= 15 is 0 Å². The SMILES string of the molecule is COc1cc(O)ccc1C=C1C(=O)ON=C1CCl. The zero-order chi connectivity index (χ0) is 13.1. The Hall–Kier alpha value is -2.01. The van der Waals surface area contributed by atoms with E-state index in [1.807, 2.05) is 0 Å². The van der Waals surface area contributed by atoms with Crippen molar-refractivity contribution in [3.63, 3.8) is 0 Å². The monoisotopic (exact) mass is 267 g/mol. The Bertz CT molecular complexity index is 551. The molecular formula is C12H10ClNO4. The van der Waals surface area contributed by atoms with Crippen molar-refractivity contribution in [1.82, 2.24) is 0 Å². The molecule has 1 aliphatic heterocycles. The Kier molecular flexibility index (Phi) is 3.53. The maximum Gasteiger partial charge on any atom is 0.367 e. The molecule has 1 aromatic carbocycles. The number of oxime groups is 1. The lowest BCUT2D eigenvalue weighted by Gasteiger charge is -2.05. The molecule has 0 unspecified atom stereocenters. The number of aromatic hydroxyl groups is 1. The van der Waals surface area contributed by atoms with Crippen LogP contribution in [0.15, 0.2) is 28.9 Å². The fourth-order valence-corrected chi connectivity index (χ4v) is 1.72. The minimum absolute atomic E-state index is 0.0780. The largest absolute Gasteiger partial charge is 0.508 e. The smallest absolute Gasteiger partial charge is 0.367 e. The van der Waals surface area contributed by atoms with Crippen molar-refractivity contribution in [2.45, 2.75) is 0 Å². The van der Waals surface area contributed by atoms with Crippen LogP contribution in [0.4, 0.5) is 0 Å². The van der Waals surface area contributed by atoms with Gasteiger partial charge >= 0.3 is 5.97 Å². The highest BCUT2D eigenvalue weighted by Crippen LogP contribution is 2.27. The number of hydrogen-bond acceptors (Lipinski definition) is 5. The van der Waals surface area contributed by atoms with Gasteiger partial charge in [0.15, 0.2) is 0 Å². The van der Waals surface area contributed by atoms with Gasteiger partial charge in [0.2, 0.25) is 0 Å². The van der Waals surface area contributed by atoms with Gasteiger partial charge in [-0.25, -0.2) is 4.79 Å². The predicted octanol–water partition coefficient (Wildman–Crippen LogP) is 1.94. The van der Waals surface area contributed by atoms with Gasteiger partial charge in [-0.1, -0.05) is 5.16 Å². The molecule has 0 fully saturated rings. The van der Waals surface area contributed by atoms with Crippen molar-refractivity contribution >= 4 is 29.4 Å². The second-order valence-electron chi connectivity index (χ2n) is 3.53. The molecule has 0 saturated carbocycles. The standard InChI is InChI=1S/C12H10ClNO4/c1-17-11-5-8(15)3-2-7(11)4-9-10(6-13)14-18-12(9)16/h2-5,15H,6H2,1H3. The molecule has 1 N–H and O–H groups in total. The molecule has 5 nitrogen and oxygen atoms in total. The van der Waals surface area contributed by atoms with Crippen LogP contribution in [-0.2, 0) is 9.63 Å². The minimum atomic E-state index is -0.555. The van der Waals surface area contributed by atoms with Crippen LogP contribution >= 0.6 is 11.6 Å². The number of benzene rings is 1. The summed E-state index contributed by atoms with van der Waals surface area (Å²) < 4.78 is 5.11. The highest BCUT2D eigenvalue weighted by Gasteiger charge is 2.25. The van der Waals surface area contributed by atoms with Crippen LogP contribution in [0.3, 0.4) is 0 Å². The summed E-state index contributed by atoms with van der Waals surface area (Å²) in [5, 5.41) is 12.9. The van der Waals surface area contributed by atoms with Gasteiger partial charge in [-0.2, -0.15) is 0 Å². The summed E-state index contributed by atoms with van der Waals surface area (Å²) in [6.07, 6.45) is 1.56. The number of ether oxygens (including phenoxy) is 1. The summed E-state index contributed by atoms with van der Waals surface area (Å²) in [5.41, 5.74) is 1.28. The second-order valence-corrected chi connectivity index (χ2v) is 3.80. The normalized spacial score (nSPS) is 16.7. The van der Waals surface area contributed by atoms with Crippen molar-refractivity contribution in [1.29, 1.82) is 0 Å². The van der Waals surface area contributed by atoms with E-state index in [1.165, 1.54) is 19.2 Å². The van der Waals surface area contributed by atoms with E-state index in [9.17, 15) is 9.90 Å². The molecule has 0 aliphatic carbocycles. The third-order valence-electron chi connectivity index (χ3n) is 2.41. The third-order valence-corrected chi connectivity index (χ3v) is 2.67. The van der Waals surface area contributed by atoms with Gasteiger partial charge in [0.05, 0.1) is 18.6 Å². The molecule has 0 saturated heterocycles. The van der Waals surface area contributed by atoms with Crippen LogP contribution in [0.2, 0.25) is 0 Å². The van der Waals surface area contributed by atoms with Gasteiger partial charge in [-0.15, -0.1) is 11.6 Å². The first-order valence-corrected chi connectivity index (χ1v) is 5.62. The summed E-state index contributed by atoms with van der Waals surface area (Å²) in [4.78, 5) is 16.0. The summed E-state index contributed by atoms with van der Waals surface area (Å²) in [6, 6.07) is 4.56. The van der Waals surface area contributed by atoms with Crippen LogP contribution in [0.1, 0.15) is 5.56 Å². The number of methoxy groups -OCH3 is 1. The van der Waals surface area contributed by atoms with Crippen LogP contribution in [0, 0.1) is 0 Å². The van der Waals surface area contributed by atoms with E-state index in [1.54, 1.807) is 12.1 Å². The van der Waals surface area contributed by atoms with Crippen molar-refractivity contribution < 1.29 is 19.5 Å². The molecular weight excluding hydrogens is 258 g/mol. The number of rotatable bonds is 3. The van der Waals surface area contributed by atoms with Crippen molar-refractivity contribution in [3.05, 3.63) is 29.3 Å². The fraction of sp³-hybridized carbons (Fsp3) is 0.167. The van der Waals surface area contributed by atoms with E-state index in [0.29, 0.717) is 17.0 Å². The Morgan fingerprint density at radius 3 is 3.00 bits per heavy atom. The van der Waals surface area contributed by atoms with Crippen molar-refractivity contribution in [3.8, 4) is 11.5 Å². The average molecular weight is 268 g/mol. The Balaban J connectivity index is 2.44. The van der Waals surface area contributed by atoms with Crippen LogP contribution in [0.25, 0.3) is 6.08 Å². The quantitative estimate of drug-likeness (QED) is 0.516. The molecule has 0 atom stereocenters. The Morgan fingerprint density at radius 2 is 2.33 bits per heavy atom. The van der Waals surface area contributed by atoms with Crippen LogP contribution in [0.5, 0.6) is 11.5 Å². The number of alkyl halides is 1. The zero-order valence-corrected chi connectivity index (χ0v) is 10.3. The van der Waals surface area contributed by atoms with Gasteiger partial charge in [0, 0.05) is 11.6 Å². The first-order chi connectivity index (χ1) is 8.65. The molecule has 0 aromatic heterocycles. The summed E-state index contributed by atoms with van der Waals surface area (Å²) in [6.45, 7) is 0. The van der Waals surface area contributed by atoms with Gasteiger partial charge in [-0.3, -0.25) is 0 Å². The molecule has 2 rings (SSSR count). The topological polar surface area (TPSA) is 68.1 Å². The molecule has 1 aromatic rings. The number of nitrogens with zero attached hydrogens (tertiary/aromatic N) is 1. The van der Waals surface area contributed by atoms with E-state index in [4.69, 9.17) is 16.3 Å². The molecule has 0 bridgehead atoms.